The van der Waals surface area contributed by atoms with E-state index in [1.807, 2.05) is 32.2 Å². The number of aryl methyl sites for hydroxylation is 1. The zero-order valence-electron chi connectivity index (χ0n) is 12.6. The molecule has 0 spiro atoms. The van der Waals surface area contributed by atoms with Crippen molar-refractivity contribution in [2.75, 3.05) is 12.4 Å². The van der Waals surface area contributed by atoms with Gasteiger partial charge >= 0.3 is 6.18 Å². The summed E-state index contributed by atoms with van der Waals surface area (Å²) in [6.45, 7) is 1.96. The van der Waals surface area contributed by atoms with E-state index in [0.29, 0.717) is 16.7 Å². The van der Waals surface area contributed by atoms with Gasteiger partial charge in [0.25, 0.3) is 0 Å². The third kappa shape index (κ3) is 2.97. The van der Waals surface area contributed by atoms with Crippen LogP contribution in [0.1, 0.15) is 11.1 Å². The van der Waals surface area contributed by atoms with Crippen LogP contribution in [0.15, 0.2) is 42.6 Å². The fourth-order valence-electron chi connectivity index (χ4n) is 2.43. The molecule has 0 amide bonds. The lowest BCUT2D eigenvalue weighted by molar-refractivity contribution is -0.137. The highest BCUT2D eigenvalue weighted by atomic mass is 19.4. The summed E-state index contributed by atoms with van der Waals surface area (Å²) in [6.07, 6.45) is -2.94. The molecule has 0 saturated heterocycles. The molecule has 0 aliphatic rings. The molecule has 1 aromatic heterocycles. The number of rotatable bonds is 2. The van der Waals surface area contributed by atoms with Crippen LogP contribution in [0.25, 0.3) is 22.3 Å². The van der Waals surface area contributed by atoms with Gasteiger partial charge in [0.05, 0.1) is 11.1 Å². The fourth-order valence-corrected chi connectivity index (χ4v) is 2.43. The molecule has 0 atom stereocenters. The maximum absolute atomic E-state index is 12.7. The van der Waals surface area contributed by atoms with E-state index in [9.17, 15) is 13.2 Å². The van der Waals surface area contributed by atoms with Crippen LogP contribution in [-0.4, -0.2) is 17.0 Å². The molecular weight excluding hydrogens is 303 g/mol. The smallest absolute Gasteiger partial charge is 0.388 e. The molecule has 0 aliphatic heterocycles. The topological polar surface area (TPSA) is 37.8 Å². The molecule has 6 heteroatoms. The Labute approximate surface area is 131 Å². The van der Waals surface area contributed by atoms with Gasteiger partial charge in [0.1, 0.15) is 0 Å². The van der Waals surface area contributed by atoms with Gasteiger partial charge in [-0.3, -0.25) is 0 Å². The van der Waals surface area contributed by atoms with Crippen molar-refractivity contribution in [1.29, 1.82) is 0 Å². The molecule has 0 bridgehead atoms. The largest absolute Gasteiger partial charge is 0.416 e. The van der Waals surface area contributed by atoms with E-state index < -0.39 is 11.7 Å². The van der Waals surface area contributed by atoms with Crippen molar-refractivity contribution in [3.8, 4) is 11.4 Å². The number of nitrogens with zero attached hydrogens (tertiary/aromatic N) is 2. The summed E-state index contributed by atoms with van der Waals surface area (Å²) in [6, 6.07) is 9.22. The summed E-state index contributed by atoms with van der Waals surface area (Å²) in [7, 11) is 1.84. The van der Waals surface area contributed by atoms with Gasteiger partial charge in [-0.2, -0.15) is 13.2 Å². The number of alkyl halides is 3. The predicted molar refractivity (Wildman–Crippen MR) is 84.3 cm³/mol. The number of hydrogen-bond acceptors (Lipinski definition) is 3. The van der Waals surface area contributed by atoms with Crippen LogP contribution in [0, 0.1) is 6.92 Å². The standard InChI is InChI=1S/C17H14F3N3/c1-10-7-11(3-5-14(10)21-2)16-22-9-12-8-13(17(18,19)20)4-6-15(12)23-16/h3-9,21H,1-2H3. The molecule has 2 aromatic carbocycles. The molecule has 23 heavy (non-hydrogen) atoms. The van der Waals surface area contributed by atoms with E-state index in [1.165, 1.54) is 12.3 Å². The Kier molecular flexibility index (Phi) is 3.67. The summed E-state index contributed by atoms with van der Waals surface area (Å²) >= 11 is 0. The quantitative estimate of drug-likeness (QED) is 0.746. The summed E-state index contributed by atoms with van der Waals surface area (Å²) < 4.78 is 38.2. The Balaban J connectivity index is 2.05. The Hall–Kier alpha value is -2.63. The predicted octanol–water partition coefficient (Wildman–Crippen LogP) is 4.67. The summed E-state index contributed by atoms with van der Waals surface area (Å²) in [4.78, 5) is 8.56. The molecule has 1 heterocycles. The normalized spacial score (nSPS) is 11.7. The van der Waals surface area contributed by atoms with E-state index in [1.54, 1.807) is 0 Å². The first-order chi connectivity index (χ1) is 10.9. The van der Waals surface area contributed by atoms with Gasteiger partial charge in [0.15, 0.2) is 5.82 Å². The van der Waals surface area contributed by atoms with Crippen LogP contribution >= 0.6 is 0 Å². The molecule has 1 N–H and O–H groups in total. The van der Waals surface area contributed by atoms with Crippen LogP contribution in [-0.2, 0) is 6.18 Å². The van der Waals surface area contributed by atoms with Crippen LogP contribution in [0.3, 0.4) is 0 Å². The second-order valence-electron chi connectivity index (χ2n) is 5.24. The Bertz CT molecular complexity index is 873. The maximum atomic E-state index is 12.7. The lowest BCUT2D eigenvalue weighted by atomic mass is 10.1. The third-order valence-electron chi connectivity index (χ3n) is 3.66. The Morgan fingerprint density at radius 3 is 2.48 bits per heavy atom. The number of anilines is 1. The molecule has 3 nitrogen and oxygen atoms in total. The van der Waals surface area contributed by atoms with Crippen LogP contribution in [0.4, 0.5) is 18.9 Å². The lowest BCUT2D eigenvalue weighted by Gasteiger charge is -2.09. The molecule has 0 saturated carbocycles. The second-order valence-corrected chi connectivity index (χ2v) is 5.24. The van der Waals surface area contributed by atoms with Crippen molar-refractivity contribution in [3.05, 3.63) is 53.7 Å². The van der Waals surface area contributed by atoms with Crippen molar-refractivity contribution >= 4 is 16.6 Å². The van der Waals surface area contributed by atoms with Crippen LogP contribution in [0.2, 0.25) is 0 Å². The maximum Gasteiger partial charge on any atom is 0.416 e. The molecule has 118 valence electrons. The zero-order chi connectivity index (χ0) is 16.6. The lowest BCUT2D eigenvalue weighted by Crippen LogP contribution is -2.04. The van der Waals surface area contributed by atoms with Gasteiger partial charge in [0.2, 0.25) is 0 Å². The van der Waals surface area contributed by atoms with Gasteiger partial charge in [0, 0.05) is 29.9 Å². The molecule has 3 aromatic rings. The van der Waals surface area contributed by atoms with Gasteiger partial charge < -0.3 is 5.32 Å². The van der Waals surface area contributed by atoms with Crippen molar-refractivity contribution in [2.45, 2.75) is 13.1 Å². The number of halogens is 3. The zero-order valence-corrected chi connectivity index (χ0v) is 12.6. The highest BCUT2D eigenvalue weighted by Gasteiger charge is 2.30. The number of hydrogen-bond donors (Lipinski definition) is 1. The van der Waals surface area contributed by atoms with Crippen LogP contribution in [0.5, 0.6) is 0 Å². The van der Waals surface area contributed by atoms with Crippen molar-refractivity contribution in [2.24, 2.45) is 0 Å². The molecule has 0 radical (unpaired) electrons. The van der Waals surface area contributed by atoms with E-state index in [2.05, 4.69) is 15.3 Å². The first-order valence-corrected chi connectivity index (χ1v) is 7.01. The van der Waals surface area contributed by atoms with E-state index in [0.717, 1.165) is 28.9 Å². The number of nitrogens with one attached hydrogen (secondary N) is 1. The first-order valence-electron chi connectivity index (χ1n) is 7.01. The molecule has 0 fully saturated rings. The highest BCUT2D eigenvalue weighted by molar-refractivity contribution is 5.80. The minimum Gasteiger partial charge on any atom is -0.388 e. The Morgan fingerprint density at radius 2 is 1.83 bits per heavy atom. The molecule has 3 rings (SSSR count). The number of benzene rings is 2. The summed E-state index contributed by atoms with van der Waals surface area (Å²) in [5, 5.41) is 3.44. The van der Waals surface area contributed by atoms with E-state index in [-0.39, 0.29) is 0 Å². The minimum absolute atomic E-state index is 0.368. The van der Waals surface area contributed by atoms with E-state index >= 15 is 0 Å². The van der Waals surface area contributed by atoms with Gasteiger partial charge in [-0.25, -0.2) is 9.97 Å². The summed E-state index contributed by atoms with van der Waals surface area (Å²) in [5.74, 6) is 0.489. The van der Waals surface area contributed by atoms with Crippen LogP contribution < -0.4 is 5.32 Å². The molecule has 0 unspecified atom stereocenters. The minimum atomic E-state index is -4.37. The van der Waals surface area contributed by atoms with Gasteiger partial charge in [-0.05, 0) is 48.9 Å². The Morgan fingerprint density at radius 1 is 1.04 bits per heavy atom. The highest BCUT2D eigenvalue weighted by Crippen LogP contribution is 2.31. The van der Waals surface area contributed by atoms with Gasteiger partial charge in [-0.1, -0.05) is 0 Å². The monoisotopic (exact) mass is 317 g/mol. The number of aromatic nitrogens is 2. The summed E-state index contributed by atoms with van der Waals surface area (Å²) in [5.41, 5.74) is 2.66. The van der Waals surface area contributed by atoms with Crippen molar-refractivity contribution in [3.63, 3.8) is 0 Å². The first kappa shape index (κ1) is 15.3. The third-order valence-corrected chi connectivity index (χ3v) is 3.66. The molecule has 0 aliphatic carbocycles. The van der Waals surface area contributed by atoms with Crippen molar-refractivity contribution < 1.29 is 13.2 Å². The average molecular weight is 317 g/mol. The molecular formula is C17H14F3N3. The van der Waals surface area contributed by atoms with Gasteiger partial charge in [-0.15, -0.1) is 0 Å². The fraction of sp³-hybridized carbons (Fsp3) is 0.176. The number of fused-ring (bicyclic) bond motifs is 1. The second kappa shape index (κ2) is 5.53. The average Bonchev–Trinajstić information content (AvgIpc) is 2.53. The van der Waals surface area contributed by atoms with Crippen molar-refractivity contribution in [1.82, 2.24) is 9.97 Å². The van der Waals surface area contributed by atoms with E-state index in [4.69, 9.17) is 0 Å². The SMILES string of the molecule is CNc1ccc(-c2ncc3cc(C(F)(F)F)ccc3n2)cc1C.